The molecule has 0 aromatic heterocycles. The minimum atomic E-state index is -0.747. The Kier molecular flexibility index (Phi) is 5.41. The molecule has 0 aromatic rings. The summed E-state index contributed by atoms with van der Waals surface area (Å²) in [6.07, 6.45) is 5.04. The molecule has 0 spiro atoms. The molecule has 0 heterocycles. The van der Waals surface area contributed by atoms with Gasteiger partial charge in [-0.15, -0.1) is 0 Å². The topological polar surface area (TPSA) is 78.4 Å². The number of carbonyl (C=O) groups excluding carboxylic acids is 2. The van der Waals surface area contributed by atoms with Crippen LogP contribution in [-0.2, 0) is 9.59 Å². The fraction of sp³-hybridized carbons (Fsp3) is 0.833. The number of aliphatic hydroxyl groups is 1. The van der Waals surface area contributed by atoms with E-state index in [0.717, 1.165) is 32.1 Å². The number of hydrogen-bond acceptors (Lipinski definition) is 3. The first-order valence-electron chi connectivity index (χ1n) is 6.31. The summed E-state index contributed by atoms with van der Waals surface area (Å²) in [7, 11) is 0. The van der Waals surface area contributed by atoms with Crippen LogP contribution in [0.25, 0.3) is 0 Å². The number of hydrogen-bond donors (Lipinski definition) is 3. The third kappa shape index (κ3) is 5.17. The van der Waals surface area contributed by atoms with Gasteiger partial charge >= 0.3 is 0 Å². The normalized spacial score (nSPS) is 18.5. The average Bonchev–Trinajstić information content (AvgIpc) is 2.34. The van der Waals surface area contributed by atoms with Gasteiger partial charge in [-0.2, -0.15) is 0 Å². The van der Waals surface area contributed by atoms with Gasteiger partial charge in [-0.3, -0.25) is 9.59 Å². The van der Waals surface area contributed by atoms with Gasteiger partial charge in [0.15, 0.2) is 0 Å². The van der Waals surface area contributed by atoms with Crippen molar-refractivity contribution < 1.29 is 14.7 Å². The summed E-state index contributed by atoms with van der Waals surface area (Å²) in [4.78, 5) is 22.4. The number of amides is 2. The monoisotopic (exact) mass is 242 g/mol. The molecule has 1 fully saturated rings. The highest BCUT2D eigenvalue weighted by molar-refractivity contribution is 5.84. The molecule has 0 bridgehead atoms. The maximum Gasteiger partial charge on any atom is 0.239 e. The van der Waals surface area contributed by atoms with E-state index in [1.165, 1.54) is 0 Å². The molecule has 3 N–H and O–H groups in total. The van der Waals surface area contributed by atoms with Crippen LogP contribution in [0.15, 0.2) is 0 Å². The summed E-state index contributed by atoms with van der Waals surface area (Å²) in [5, 5.41) is 15.3. The Bertz CT molecular complexity index is 273. The van der Waals surface area contributed by atoms with E-state index in [9.17, 15) is 14.7 Å². The molecular formula is C12H22N2O3. The molecule has 5 heteroatoms. The van der Waals surface area contributed by atoms with Crippen molar-refractivity contribution in [2.75, 3.05) is 13.1 Å². The molecule has 98 valence electrons. The highest BCUT2D eigenvalue weighted by atomic mass is 16.3. The lowest BCUT2D eigenvalue weighted by atomic mass is 9.85. The Labute approximate surface area is 102 Å². The Morgan fingerprint density at radius 3 is 2.35 bits per heavy atom. The zero-order valence-corrected chi connectivity index (χ0v) is 10.4. The van der Waals surface area contributed by atoms with Crippen molar-refractivity contribution in [3.63, 3.8) is 0 Å². The molecule has 0 aromatic carbocycles. The summed E-state index contributed by atoms with van der Waals surface area (Å²) in [6, 6.07) is 0. The van der Waals surface area contributed by atoms with E-state index < -0.39 is 5.60 Å². The summed E-state index contributed by atoms with van der Waals surface area (Å²) >= 11 is 0. The first-order valence-corrected chi connectivity index (χ1v) is 6.31. The molecule has 1 saturated carbocycles. The van der Waals surface area contributed by atoms with Crippen LogP contribution in [0, 0.1) is 0 Å². The van der Waals surface area contributed by atoms with Crippen molar-refractivity contribution >= 4 is 11.8 Å². The Morgan fingerprint density at radius 1 is 1.12 bits per heavy atom. The van der Waals surface area contributed by atoms with Gasteiger partial charge in [-0.05, 0) is 12.8 Å². The van der Waals surface area contributed by atoms with Crippen molar-refractivity contribution in [2.24, 2.45) is 0 Å². The predicted molar refractivity (Wildman–Crippen MR) is 64.3 cm³/mol. The van der Waals surface area contributed by atoms with E-state index in [1.54, 1.807) is 6.92 Å². The van der Waals surface area contributed by atoms with E-state index in [1.807, 2.05) is 0 Å². The summed E-state index contributed by atoms with van der Waals surface area (Å²) in [5.74, 6) is -0.387. The van der Waals surface area contributed by atoms with Crippen LogP contribution in [0.5, 0.6) is 0 Å². The second-order valence-corrected chi connectivity index (χ2v) is 4.69. The molecule has 1 aliphatic carbocycles. The quantitative estimate of drug-likeness (QED) is 0.650. The van der Waals surface area contributed by atoms with Crippen LogP contribution < -0.4 is 10.6 Å². The smallest absolute Gasteiger partial charge is 0.239 e. The van der Waals surface area contributed by atoms with Crippen molar-refractivity contribution in [3.05, 3.63) is 0 Å². The maximum atomic E-state index is 11.4. The van der Waals surface area contributed by atoms with E-state index in [-0.39, 0.29) is 24.9 Å². The van der Waals surface area contributed by atoms with Crippen LogP contribution >= 0.6 is 0 Å². The van der Waals surface area contributed by atoms with E-state index in [0.29, 0.717) is 6.42 Å². The van der Waals surface area contributed by atoms with Crippen molar-refractivity contribution in [1.29, 1.82) is 0 Å². The fourth-order valence-electron chi connectivity index (χ4n) is 2.02. The second-order valence-electron chi connectivity index (χ2n) is 4.69. The maximum absolute atomic E-state index is 11.4. The molecule has 1 aliphatic rings. The van der Waals surface area contributed by atoms with Crippen LogP contribution in [0.2, 0.25) is 0 Å². The van der Waals surface area contributed by atoms with Gasteiger partial charge in [0.25, 0.3) is 0 Å². The summed E-state index contributed by atoms with van der Waals surface area (Å²) in [5.41, 5.74) is -0.747. The molecule has 17 heavy (non-hydrogen) atoms. The zero-order chi connectivity index (χ0) is 12.7. The van der Waals surface area contributed by atoms with Gasteiger partial charge < -0.3 is 15.7 Å². The SMILES string of the molecule is CCC(=O)NCC(=O)NCC1(O)CCCCC1. The fourth-order valence-corrected chi connectivity index (χ4v) is 2.02. The number of rotatable bonds is 5. The Balaban J connectivity index is 2.20. The lowest BCUT2D eigenvalue weighted by molar-refractivity contribution is -0.126. The van der Waals surface area contributed by atoms with Crippen molar-refractivity contribution in [2.45, 2.75) is 51.0 Å². The highest BCUT2D eigenvalue weighted by Crippen LogP contribution is 2.27. The van der Waals surface area contributed by atoms with Gasteiger partial charge in [0.1, 0.15) is 0 Å². The molecule has 1 rings (SSSR count). The molecule has 0 aliphatic heterocycles. The van der Waals surface area contributed by atoms with E-state index in [4.69, 9.17) is 0 Å². The number of carbonyl (C=O) groups is 2. The molecule has 2 amide bonds. The van der Waals surface area contributed by atoms with Crippen LogP contribution in [0.4, 0.5) is 0 Å². The first kappa shape index (κ1) is 14.0. The summed E-state index contributed by atoms with van der Waals surface area (Å²) in [6.45, 7) is 2.01. The lowest BCUT2D eigenvalue weighted by Crippen LogP contribution is -2.46. The van der Waals surface area contributed by atoms with Gasteiger partial charge in [-0.1, -0.05) is 26.2 Å². The summed E-state index contributed by atoms with van der Waals surface area (Å²) < 4.78 is 0. The van der Waals surface area contributed by atoms with Gasteiger partial charge in [0.05, 0.1) is 12.1 Å². The predicted octanol–water partition coefficient (Wildman–Crippen LogP) is 0.324. The minimum absolute atomic E-state index is 0.0112. The first-order chi connectivity index (χ1) is 8.06. The van der Waals surface area contributed by atoms with E-state index in [2.05, 4.69) is 10.6 Å². The molecule has 0 unspecified atom stereocenters. The van der Waals surface area contributed by atoms with Gasteiger partial charge in [-0.25, -0.2) is 0 Å². The molecule has 0 atom stereocenters. The van der Waals surface area contributed by atoms with Gasteiger partial charge in [0.2, 0.25) is 11.8 Å². The van der Waals surface area contributed by atoms with Crippen LogP contribution in [0.1, 0.15) is 45.4 Å². The Morgan fingerprint density at radius 2 is 1.76 bits per heavy atom. The van der Waals surface area contributed by atoms with Crippen LogP contribution in [0.3, 0.4) is 0 Å². The second kappa shape index (κ2) is 6.59. The van der Waals surface area contributed by atoms with Crippen molar-refractivity contribution in [1.82, 2.24) is 10.6 Å². The highest BCUT2D eigenvalue weighted by Gasteiger charge is 2.29. The third-order valence-electron chi connectivity index (χ3n) is 3.17. The minimum Gasteiger partial charge on any atom is -0.388 e. The van der Waals surface area contributed by atoms with Crippen molar-refractivity contribution in [3.8, 4) is 0 Å². The molecule has 0 radical (unpaired) electrons. The largest absolute Gasteiger partial charge is 0.388 e. The lowest BCUT2D eigenvalue weighted by Gasteiger charge is -2.32. The molecule has 5 nitrogen and oxygen atoms in total. The average molecular weight is 242 g/mol. The zero-order valence-electron chi connectivity index (χ0n) is 10.4. The van der Waals surface area contributed by atoms with Gasteiger partial charge in [0, 0.05) is 13.0 Å². The number of nitrogens with one attached hydrogen (secondary N) is 2. The molecular weight excluding hydrogens is 220 g/mol. The molecule has 0 saturated heterocycles. The third-order valence-corrected chi connectivity index (χ3v) is 3.17. The van der Waals surface area contributed by atoms with E-state index >= 15 is 0 Å². The Hall–Kier alpha value is -1.10. The standard InChI is InChI=1S/C12H22N2O3/c1-2-10(15)13-8-11(16)14-9-12(17)6-4-3-5-7-12/h17H,2-9H2,1H3,(H,13,15)(H,14,16). The van der Waals surface area contributed by atoms with Crippen LogP contribution in [-0.4, -0.2) is 35.6 Å².